The smallest absolute Gasteiger partial charge is 0.356 e. The van der Waals surface area contributed by atoms with Crippen LogP contribution < -0.4 is 5.32 Å². The van der Waals surface area contributed by atoms with E-state index in [1.165, 1.54) is 12.3 Å². The summed E-state index contributed by atoms with van der Waals surface area (Å²) in [6.07, 6.45) is 2.27. The maximum atomic E-state index is 11.8. The van der Waals surface area contributed by atoms with Gasteiger partial charge in [-0.25, -0.2) is 9.78 Å². The predicted octanol–water partition coefficient (Wildman–Crippen LogP) is 2.35. The lowest BCUT2D eigenvalue weighted by Crippen LogP contribution is -2.16. The monoisotopic (exact) mass is 270 g/mol. The zero-order chi connectivity index (χ0) is 14.4. The number of rotatable bonds is 5. The van der Waals surface area contributed by atoms with Crippen molar-refractivity contribution in [1.29, 1.82) is 0 Å². The minimum Gasteiger partial charge on any atom is -0.476 e. The Morgan fingerprint density at radius 2 is 1.85 bits per heavy atom. The van der Waals surface area contributed by atoms with Crippen LogP contribution in [0.2, 0.25) is 0 Å². The Kier molecular flexibility index (Phi) is 4.44. The van der Waals surface area contributed by atoms with Crippen LogP contribution in [0.15, 0.2) is 48.7 Å². The second-order valence-corrected chi connectivity index (χ2v) is 4.24. The number of aromatic nitrogens is 1. The van der Waals surface area contributed by atoms with Crippen LogP contribution in [0.5, 0.6) is 0 Å². The van der Waals surface area contributed by atoms with Crippen LogP contribution in [-0.2, 0) is 11.2 Å². The molecule has 0 aliphatic rings. The van der Waals surface area contributed by atoms with Crippen molar-refractivity contribution >= 4 is 17.6 Å². The molecular weight excluding hydrogens is 256 g/mol. The average molecular weight is 270 g/mol. The summed E-state index contributed by atoms with van der Waals surface area (Å²) in [6.45, 7) is 0. The van der Waals surface area contributed by atoms with Crippen molar-refractivity contribution in [2.75, 3.05) is 5.32 Å². The largest absolute Gasteiger partial charge is 0.476 e. The van der Waals surface area contributed by atoms with Crippen molar-refractivity contribution in [3.05, 3.63) is 59.9 Å². The molecule has 0 fully saturated rings. The van der Waals surface area contributed by atoms with E-state index in [2.05, 4.69) is 10.3 Å². The van der Waals surface area contributed by atoms with Crippen LogP contribution in [0.25, 0.3) is 0 Å². The molecule has 5 heteroatoms. The van der Waals surface area contributed by atoms with Crippen LogP contribution in [0.3, 0.4) is 0 Å². The second-order valence-electron chi connectivity index (χ2n) is 4.24. The van der Waals surface area contributed by atoms with Crippen molar-refractivity contribution in [2.24, 2.45) is 0 Å². The summed E-state index contributed by atoms with van der Waals surface area (Å²) in [6, 6.07) is 12.7. The quantitative estimate of drug-likeness (QED) is 0.874. The summed E-state index contributed by atoms with van der Waals surface area (Å²) in [5.74, 6) is -1.40. The van der Waals surface area contributed by atoms with Gasteiger partial charge >= 0.3 is 5.97 Å². The lowest BCUT2D eigenvalue weighted by Gasteiger charge is -2.07. The number of aromatic carboxylic acids is 1. The molecule has 0 saturated heterocycles. The van der Waals surface area contributed by atoms with E-state index in [1.807, 2.05) is 30.3 Å². The number of carbonyl (C=O) groups excluding carboxylic acids is 1. The third-order valence-electron chi connectivity index (χ3n) is 2.77. The highest BCUT2D eigenvalue weighted by Crippen LogP contribution is 2.13. The topological polar surface area (TPSA) is 79.3 Å². The number of nitrogens with zero attached hydrogens (tertiary/aromatic N) is 1. The zero-order valence-electron chi connectivity index (χ0n) is 10.7. The van der Waals surface area contributed by atoms with Gasteiger partial charge in [0.2, 0.25) is 5.91 Å². The van der Waals surface area contributed by atoms with Gasteiger partial charge in [-0.05, 0) is 24.1 Å². The number of pyridine rings is 1. The number of hydrogen-bond acceptors (Lipinski definition) is 3. The maximum absolute atomic E-state index is 11.8. The highest BCUT2D eigenvalue weighted by atomic mass is 16.4. The maximum Gasteiger partial charge on any atom is 0.356 e. The van der Waals surface area contributed by atoms with Gasteiger partial charge in [0, 0.05) is 12.6 Å². The summed E-state index contributed by atoms with van der Waals surface area (Å²) in [5, 5.41) is 11.6. The van der Waals surface area contributed by atoms with Crippen LogP contribution in [-0.4, -0.2) is 22.0 Å². The van der Waals surface area contributed by atoms with E-state index in [-0.39, 0.29) is 23.7 Å². The standard InChI is InChI=1S/C15H14N2O3/c18-13(9-8-11-5-2-1-3-6-11)17-12-7-4-10-16-14(12)15(19)20/h1-7,10H,8-9H2,(H,17,18)(H,19,20). The molecule has 2 aromatic rings. The fraction of sp³-hybridized carbons (Fsp3) is 0.133. The number of amides is 1. The van der Waals surface area contributed by atoms with Gasteiger partial charge in [-0.3, -0.25) is 4.79 Å². The van der Waals surface area contributed by atoms with E-state index in [9.17, 15) is 9.59 Å². The normalized spacial score (nSPS) is 10.0. The molecule has 0 saturated carbocycles. The zero-order valence-corrected chi connectivity index (χ0v) is 10.7. The minimum atomic E-state index is -1.16. The van der Waals surface area contributed by atoms with E-state index in [1.54, 1.807) is 6.07 Å². The van der Waals surface area contributed by atoms with E-state index in [0.717, 1.165) is 5.56 Å². The second kappa shape index (κ2) is 6.47. The van der Waals surface area contributed by atoms with Crippen molar-refractivity contribution in [3.8, 4) is 0 Å². The minimum absolute atomic E-state index is 0.152. The Hall–Kier alpha value is -2.69. The predicted molar refractivity (Wildman–Crippen MR) is 74.6 cm³/mol. The first kappa shape index (κ1) is 13.7. The van der Waals surface area contributed by atoms with Crippen LogP contribution >= 0.6 is 0 Å². The van der Waals surface area contributed by atoms with Gasteiger partial charge in [0.1, 0.15) is 0 Å². The molecule has 20 heavy (non-hydrogen) atoms. The van der Waals surface area contributed by atoms with Gasteiger partial charge in [0.25, 0.3) is 0 Å². The van der Waals surface area contributed by atoms with Gasteiger partial charge in [-0.2, -0.15) is 0 Å². The molecule has 0 atom stereocenters. The Labute approximate surface area is 116 Å². The van der Waals surface area contributed by atoms with Gasteiger partial charge in [0.15, 0.2) is 5.69 Å². The van der Waals surface area contributed by atoms with Crippen molar-refractivity contribution in [2.45, 2.75) is 12.8 Å². The fourth-order valence-corrected chi connectivity index (χ4v) is 1.79. The molecular formula is C15H14N2O3. The highest BCUT2D eigenvalue weighted by molar-refractivity contribution is 5.99. The number of carbonyl (C=O) groups is 2. The number of carboxylic acid groups (broad SMARTS) is 1. The molecule has 102 valence electrons. The van der Waals surface area contributed by atoms with E-state index in [0.29, 0.717) is 6.42 Å². The van der Waals surface area contributed by atoms with Crippen LogP contribution in [0, 0.1) is 0 Å². The Morgan fingerprint density at radius 3 is 2.55 bits per heavy atom. The first-order chi connectivity index (χ1) is 9.66. The third-order valence-corrected chi connectivity index (χ3v) is 2.77. The first-order valence-corrected chi connectivity index (χ1v) is 6.19. The molecule has 2 N–H and O–H groups in total. The number of nitrogens with one attached hydrogen (secondary N) is 1. The molecule has 1 heterocycles. The van der Waals surface area contributed by atoms with E-state index >= 15 is 0 Å². The summed E-state index contributed by atoms with van der Waals surface area (Å²) in [7, 11) is 0. The molecule has 0 bridgehead atoms. The first-order valence-electron chi connectivity index (χ1n) is 6.19. The number of carboxylic acids is 1. The summed E-state index contributed by atoms with van der Waals surface area (Å²) in [5.41, 5.74) is 1.13. The van der Waals surface area contributed by atoms with Gasteiger partial charge in [-0.15, -0.1) is 0 Å². The summed E-state index contributed by atoms with van der Waals surface area (Å²) < 4.78 is 0. The van der Waals surface area contributed by atoms with Crippen LogP contribution in [0.4, 0.5) is 5.69 Å². The van der Waals surface area contributed by atoms with Crippen LogP contribution in [0.1, 0.15) is 22.5 Å². The van der Waals surface area contributed by atoms with Crippen molar-refractivity contribution < 1.29 is 14.7 Å². The number of aryl methyl sites for hydroxylation is 1. The van der Waals surface area contributed by atoms with Gasteiger partial charge in [-0.1, -0.05) is 30.3 Å². The molecule has 0 spiro atoms. The van der Waals surface area contributed by atoms with Crippen molar-refractivity contribution in [3.63, 3.8) is 0 Å². The third kappa shape index (κ3) is 3.65. The lowest BCUT2D eigenvalue weighted by molar-refractivity contribution is -0.116. The Balaban J connectivity index is 1.97. The molecule has 1 aromatic heterocycles. The molecule has 5 nitrogen and oxygen atoms in total. The van der Waals surface area contributed by atoms with Crippen molar-refractivity contribution in [1.82, 2.24) is 4.98 Å². The number of benzene rings is 1. The van der Waals surface area contributed by atoms with E-state index < -0.39 is 5.97 Å². The molecule has 1 aromatic carbocycles. The average Bonchev–Trinajstić information content (AvgIpc) is 2.46. The fourth-order valence-electron chi connectivity index (χ4n) is 1.79. The summed E-state index contributed by atoms with van der Waals surface area (Å²) in [4.78, 5) is 26.5. The molecule has 0 radical (unpaired) electrons. The Bertz CT molecular complexity index is 612. The summed E-state index contributed by atoms with van der Waals surface area (Å²) >= 11 is 0. The van der Waals surface area contributed by atoms with Gasteiger partial charge < -0.3 is 10.4 Å². The highest BCUT2D eigenvalue weighted by Gasteiger charge is 2.13. The number of anilines is 1. The molecule has 2 rings (SSSR count). The lowest BCUT2D eigenvalue weighted by atomic mass is 10.1. The molecule has 0 aliphatic carbocycles. The molecule has 1 amide bonds. The number of hydrogen-bond donors (Lipinski definition) is 2. The van der Waals surface area contributed by atoms with E-state index in [4.69, 9.17) is 5.11 Å². The van der Waals surface area contributed by atoms with Gasteiger partial charge in [0.05, 0.1) is 5.69 Å². The Morgan fingerprint density at radius 1 is 1.10 bits per heavy atom. The SMILES string of the molecule is O=C(CCc1ccccc1)Nc1cccnc1C(=O)O. The molecule has 0 unspecified atom stereocenters. The molecule has 0 aliphatic heterocycles.